The molecule has 8 heteroatoms. The van der Waals surface area contributed by atoms with Gasteiger partial charge in [0.05, 0.1) is 34.0 Å². The van der Waals surface area contributed by atoms with Crippen LogP contribution in [0.25, 0.3) is 0 Å². The van der Waals surface area contributed by atoms with Gasteiger partial charge in [-0.1, -0.05) is 6.07 Å². The highest BCUT2D eigenvalue weighted by Crippen LogP contribution is 2.39. The van der Waals surface area contributed by atoms with Gasteiger partial charge < -0.3 is 29.6 Å². The number of ether oxygens (including phenoxy) is 4. The quantitative estimate of drug-likeness (QED) is 0.638. The van der Waals surface area contributed by atoms with Crippen molar-refractivity contribution in [3.05, 3.63) is 42.0 Å². The van der Waals surface area contributed by atoms with E-state index < -0.39 is 5.97 Å². The third-order valence-electron chi connectivity index (χ3n) is 3.91. The summed E-state index contributed by atoms with van der Waals surface area (Å²) in [6, 6.07) is 10.2. The first kappa shape index (κ1) is 20.9. The molecule has 0 saturated carbocycles. The number of rotatable bonds is 9. The second-order valence-corrected chi connectivity index (χ2v) is 5.71. The minimum atomic E-state index is -0.413. The molecule has 0 aliphatic rings. The van der Waals surface area contributed by atoms with Crippen molar-refractivity contribution in [1.82, 2.24) is 0 Å². The maximum atomic E-state index is 12.2. The lowest BCUT2D eigenvalue weighted by atomic mass is 10.2. The standard InChI is InChI=1S/C20H24N2O6/c1-25-16-11-15(12-17(26-2)19(16)27-3)22-18(23)8-9-21-14-7-5-6-13(10-14)20(24)28-4/h5-7,10-12,21H,8-9H2,1-4H3,(H,22,23). The number of hydrogen-bond acceptors (Lipinski definition) is 7. The SMILES string of the molecule is COC(=O)c1cccc(NCCC(=O)Nc2cc(OC)c(OC)c(OC)c2)c1. The van der Waals surface area contributed by atoms with E-state index in [0.717, 1.165) is 5.69 Å². The molecule has 0 unspecified atom stereocenters. The molecule has 0 saturated heterocycles. The van der Waals surface area contributed by atoms with Gasteiger partial charge in [0.2, 0.25) is 11.7 Å². The molecule has 0 aliphatic heterocycles. The second kappa shape index (κ2) is 10.1. The van der Waals surface area contributed by atoms with Gasteiger partial charge in [-0.05, 0) is 18.2 Å². The minimum Gasteiger partial charge on any atom is -0.493 e. The van der Waals surface area contributed by atoms with Crippen LogP contribution in [0.3, 0.4) is 0 Å². The van der Waals surface area contributed by atoms with Crippen LogP contribution in [0.15, 0.2) is 36.4 Å². The predicted molar refractivity (Wildman–Crippen MR) is 106 cm³/mol. The van der Waals surface area contributed by atoms with Crippen molar-refractivity contribution in [3.63, 3.8) is 0 Å². The fourth-order valence-electron chi connectivity index (χ4n) is 2.57. The summed E-state index contributed by atoms with van der Waals surface area (Å²) in [7, 11) is 5.86. The summed E-state index contributed by atoms with van der Waals surface area (Å²) in [6.45, 7) is 0.390. The van der Waals surface area contributed by atoms with E-state index in [4.69, 9.17) is 18.9 Å². The third kappa shape index (κ3) is 5.29. The van der Waals surface area contributed by atoms with Crippen LogP contribution >= 0.6 is 0 Å². The van der Waals surface area contributed by atoms with Gasteiger partial charge in [-0.2, -0.15) is 0 Å². The van der Waals surface area contributed by atoms with Crippen molar-refractivity contribution < 1.29 is 28.5 Å². The number of amides is 1. The van der Waals surface area contributed by atoms with Crippen molar-refractivity contribution in [3.8, 4) is 17.2 Å². The minimum absolute atomic E-state index is 0.189. The molecular weight excluding hydrogens is 364 g/mol. The number of hydrogen-bond donors (Lipinski definition) is 2. The summed E-state index contributed by atoms with van der Waals surface area (Å²) >= 11 is 0. The average molecular weight is 388 g/mol. The van der Waals surface area contributed by atoms with E-state index in [1.54, 1.807) is 30.3 Å². The number of methoxy groups -OCH3 is 4. The van der Waals surface area contributed by atoms with E-state index in [-0.39, 0.29) is 12.3 Å². The topological polar surface area (TPSA) is 95.1 Å². The molecule has 2 aromatic rings. The van der Waals surface area contributed by atoms with E-state index in [1.165, 1.54) is 28.4 Å². The van der Waals surface area contributed by atoms with Crippen LogP contribution < -0.4 is 24.8 Å². The van der Waals surface area contributed by atoms with Crippen molar-refractivity contribution in [1.29, 1.82) is 0 Å². The molecule has 0 atom stereocenters. The van der Waals surface area contributed by atoms with Crippen molar-refractivity contribution in [2.75, 3.05) is 45.6 Å². The van der Waals surface area contributed by atoms with E-state index in [9.17, 15) is 9.59 Å². The van der Waals surface area contributed by atoms with Gasteiger partial charge in [0.1, 0.15) is 0 Å². The summed E-state index contributed by atoms with van der Waals surface area (Å²) in [5, 5.41) is 5.91. The predicted octanol–water partition coefficient (Wildman–Crippen LogP) is 2.94. The molecule has 0 bridgehead atoms. The zero-order valence-electron chi connectivity index (χ0n) is 16.3. The summed E-state index contributed by atoms with van der Waals surface area (Å²) in [5.74, 6) is 0.759. The Morgan fingerprint density at radius 1 is 0.893 bits per heavy atom. The molecule has 0 fully saturated rings. The van der Waals surface area contributed by atoms with Gasteiger partial charge in [-0.25, -0.2) is 4.79 Å². The zero-order valence-corrected chi connectivity index (χ0v) is 16.3. The molecule has 8 nitrogen and oxygen atoms in total. The van der Waals surface area contributed by atoms with Gasteiger partial charge in [0, 0.05) is 36.5 Å². The number of benzene rings is 2. The first-order valence-corrected chi connectivity index (χ1v) is 8.54. The van der Waals surface area contributed by atoms with Gasteiger partial charge in [0.15, 0.2) is 11.5 Å². The Morgan fingerprint density at radius 3 is 2.14 bits per heavy atom. The molecule has 28 heavy (non-hydrogen) atoms. The highest BCUT2D eigenvalue weighted by Gasteiger charge is 2.14. The van der Waals surface area contributed by atoms with E-state index in [2.05, 4.69) is 10.6 Å². The maximum Gasteiger partial charge on any atom is 0.337 e. The molecule has 0 aromatic heterocycles. The molecular formula is C20H24N2O6. The van der Waals surface area contributed by atoms with Gasteiger partial charge in [-0.15, -0.1) is 0 Å². The summed E-state index contributed by atoms with van der Waals surface area (Å²) in [5.41, 5.74) is 1.70. The van der Waals surface area contributed by atoms with Crippen LogP contribution in [0.5, 0.6) is 17.2 Å². The molecule has 1 amide bonds. The largest absolute Gasteiger partial charge is 0.493 e. The molecule has 150 valence electrons. The lowest BCUT2D eigenvalue weighted by Gasteiger charge is -2.14. The van der Waals surface area contributed by atoms with E-state index in [0.29, 0.717) is 35.0 Å². The smallest absolute Gasteiger partial charge is 0.337 e. The van der Waals surface area contributed by atoms with Crippen LogP contribution in [-0.4, -0.2) is 46.9 Å². The van der Waals surface area contributed by atoms with Gasteiger partial charge in [-0.3, -0.25) is 4.79 Å². The normalized spacial score (nSPS) is 10.0. The Balaban J connectivity index is 1.95. The summed E-state index contributed by atoms with van der Waals surface area (Å²) < 4.78 is 20.5. The molecule has 2 aromatic carbocycles. The lowest BCUT2D eigenvalue weighted by Crippen LogP contribution is -2.16. The Bertz CT molecular complexity index is 812. The molecule has 0 spiro atoms. The Hall–Kier alpha value is -3.42. The molecule has 0 radical (unpaired) electrons. The van der Waals surface area contributed by atoms with Gasteiger partial charge in [0.25, 0.3) is 0 Å². The van der Waals surface area contributed by atoms with Crippen molar-refractivity contribution in [2.45, 2.75) is 6.42 Å². The lowest BCUT2D eigenvalue weighted by molar-refractivity contribution is -0.115. The highest BCUT2D eigenvalue weighted by molar-refractivity contribution is 5.92. The number of carbonyl (C=O) groups excluding carboxylic acids is 2. The summed E-state index contributed by atoms with van der Waals surface area (Å²) in [4.78, 5) is 23.8. The molecule has 0 aliphatic carbocycles. The fraction of sp³-hybridized carbons (Fsp3) is 0.300. The van der Waals surface area contributed by atoms with Crippen LogP contribution in [0.1, 0.15) is 16.8 Å². The number of carbonyl (C=O) groups is 2. The Kier molecular flexibility index (Phi) is 7.50. The van der Waals surface area contributed by atoms with Crippen LogP contribution in [0.4, 0.5) is 11.4 Å². The van der Waals surface area contributed by atoms with E-state index >= 15 is 0 Å². The maximum absolute atomic E-state index is 12.2. The van der Waals surface area contributed by atoms with Crippen molar-refractivity contribution in [2.24, 2.45) is 0 Å². The second-order valence-electron chi connectivity index (χ2n) is 5.71. The monoisotopic (exact) mass is 388 g/mol. The van der Waals surface area contributed by atoms with Crippen molar-refractivity contribution >= 4 is 23.3 Å². The van der Waals surface area contributed by atoms with Gasteiger partial charge >= 0.3 is 5.97 Å². The first-order valence-electron chi connectivity index (χ1n) is 8.54. The number of nitrogens with one attached hydrogen (secondary N) is 2. The van der Waals surface area contributed by atoms with Crippen LogP contribution in [-0.2, 0) is 9.53 Å². The molecule has 2 rings (SSSR count). The third-order valence-corrected chi connectivity index (χ3v) is 3.91. The Morgan fingerprint density at radius 2 is 1.57 bits per heavy atom. The first-order chi connectivity index (χ1) is 13.5. The zero-order chi connectivity index (χ0) is 20.5. The number of anilines is 2. The Labute approximate surface area is 163 Å². The van der Waals surface area contributed by atoms with Crippen LogP contribution in [0.2, 0.25) is 0 Å². The number of esters is 1. The highest BCUT2D eigenvalue weighted by atomic mass is 16.5. The molecule has 0 heterocycles. The van der Waals surface area contributed by atoms with E-state index in [1.807, 2.05) is 6.07 Å². The fourth-order valence-corrected chi connectivity index (χ4v) is 2.57. The molecule has 2 N–H and O–H groups in total. The average Bonchev–Trinajstić information content (AvgIpc) is 2.72. The summed E-state index contributed by atoms with van der Waals surface area (Å²) in [6.07, 6.45) is 0.221. The van der Waals surface area contributed by atoms with Crippen LogP contribution in [0, 0.1) is 0 Å².